The monoisotopic (exact) mass is 175 g/mol. The van der Waals surface area contributed by atoms with Gasteiger partial charge in [-0.3, -0.25) is 4.79 Å². The van der Waals surface area contributed by atoms with Crippen molar-refractivity contribution in [3.05, 3.63) is 35.9 Å². The summed E-state index contributed by atoms with van der Waals surface area (Å²) in [5.74, 6) is 0.580. The van der Waals surface area contributed by atoms with Gasteiger partial charge in [-0.05, 0) is 11.5 Å². The number of carbonyl (C=O) groups excluding carboxylic acids is 1. The molecular weight excluding hydrogens is 162 g/mol. The fraction of sp³-hybridized carbons (Fsp3) is 0.364. The second kappa shape index (κ2) is 3.21. The summed E-state index contributed by atoms with van der Waals surface area (Å²) in [6, 6.07) is 10.3. The van der Waals surface area contributed by atoms with Crippen LogP contribution >= 0.6 is 0 Å². The fourth-order valence-electron chi connectivity index (χ4n) is 1.86. The summed E-state index contributed by atoms with van der Waals surface area (Å²) in [4.78, 5) is 11.1. The van der Waals surface area contributed by atoms with Crippen molar-refractivity contribution >= 4 is 5.91 Å². The summed E-state index contributed by atoms with van der Waals surface area (Å²) >= 11 is 0. The summed E-state index contributed by atoms with van der Waals surface area (Å²) in [7, 11) is 0. The van der Waals surface area contributed by atoms with Gasteiger partial charge in [0.15, 0.2) is 0 Å². The van der Waals surface area contributed by atoms with Crippen molar-refractivity contribution in [3.8, 4) is 0 Å². The maximum atomic E-state index is 11.1. The molecule has 1 aromatic carbocycles. The van der Waals surface area contributed by atoms with Crippen molar-refractivity contribution in [2.24, 2.45) is 5.92 Å². The molecule has 1 fully saturated rings. The molecule has 2 atom stereocenters. The number of carbonyl (C=O) groups is 1. The van der Waals surface area contributed by atoms with E-state index in [1.54, 1.807) is 0 Å². The standard InChI is InChI=1S/C11H13NO/c1-8-7-10(13)12-11(8)9-5-3-2-4-6-9/h2-6,8,11H,7H2,1H3,(H,12,13)/t8-,11+/m1/s1. The van der Waals surface area contributed by atoms with Crippen LogP contribution in [0.5, 0.6) is 0 Å². The van der Waals surface area contributed by atoms with Crippen LogP contribution in [0, 0.1) is 5.92 Å². The Bertz CT molecular complexity index is 307. The van der Waals surface area contributed by atoms with Crippen LogP contribution in [0.2, 0.25) is 0 Å². The maximum absolute atomic E-state index is 11.1. The van der Waals surface area contributed by atoms with E-state index in [1.165, 1.54) is 5.56 Å². The van der Waals surface area contributed by atoms with Gasteiger partial charge in [0.25, 0.3) is 0 Å². The molecule has 2 rings (SSSR count). The Balaban J connectivity index is 2.23. The highest BCUT2D eigenvalue weighted by molar-refractivity contribution is 5.79. The highest BCUT2D eigenvalue weighted by Gasteiger charge is 2.29. The van der Waals surface area contributed by atoms with Crippen molar-refractivity contribution in [2.75, 3.05) is 0 Å². The molecular formula is C11H13NO. The Morgan fingerprint density at radius 2 is 2.00 bits per heavy atom. The number of nitrogens with one attached hydrogen (secondary N) is 1. The average molecular weight is 175 g/mol. The minimum absolute atomic E-state index is 0.168. The largest absolute Gasteiger partial charge is 0.349 e. The lowest BCUT2D eigenvalue weighted by Gasteiger charge is -2.14. The Morgan fingerprint density at radius 3 is 2.54 bits per heavy atom. The molecule has 2 nitrogen and oxygen atoms in total. The van der Waals surface area contributed by atoms with Gasteiger partial charge in [-0.15, -0.1) is 0 Å². The number of hydrogen-bond donors (Lipinski definition) is 1. The molecule has 1 N–H and O–H groups in total. The minimum Gasteiger partial charge on any atom is -0.349 e. The van der Waals surface area contributed by atoms with Crippen molar-refractivity contribution in [3.63, 3.8) is 0 Å². The minimum atomic E-state index is 0.168. The quantitative estimate of drug-likeness (QED) is 0.693. The molecule has 1 amide bonds. The lowest BCUT2D eigenvalue weighted by atomic mass is 9.96. The van der Waals surface area contributed by atoms with Gasteiger partial charge in [-0.25, -0.2) is 0 Å². The molecule has 0 aliphatic carbocycles. The normalized spacial score (nSPS) is 27.3. The zero-order chi connectivity index (χ0) is 9.26. The maximum Gasteiger partial charge on any atom is 0.220 e. The van der Waals surface area contributed by atoms with Gasteiger partial charge in [-0.1, -0.05) is 37.3 Å². The highest BCUT2D eigenvalue weighted by atomic mass is 16.1. The van der Waals surface area contributed by atoms with Gasteiger partial charge < -0.3 is 5.32 Å². The fourth-order valence-corrected chi connectivity index (χ4v) is 1.86. The van der Waals surface area contributed by atoms with Crippen LogP contribution in [0.15, 0.2) is 30.3 Å². The Hall–Kier alpha value is -1.31. The second-order valence-corrected chi connectivity index (χ2v) is 3.64. The first kappa shape index (κ1) is 8.30. The number of rotatable bonds is 1. The summed E-state index contributed by atoms with van der Waals surface area (Å²) in [6.07, 6.45) is 0.652. The van der Waals surface area contributed by atoms with E-state index in [4.69, 9.17) is 0 Å². The van der Waals surface area contributed by atoms with E-state index >= 15 is 0 Å². The van der Waals surface area contributed by atoms with Crippen LogP contribution < -0.4 is 5.32 Å². The zero-order valence-electron chi connectivity index (χ0n) is 7.66. The first-order valence-electron chi connectivity index (χ1n) is 4.61. The molecule has 1 saturated heterocycles. The van der Waals surface area contributed by atoms with Gasteiger partial charge in [0.2, 0.25) is 5.91 Å². The lowest BCUT2D eigenvalue weighted by molar-refractivity contribution is -0.119. The van der Waals surface area contributed by atoms with Crippen molar-refractivity contribution in [1.82, 2.24) is 5.32 Å². The van der Waals surface area contributed by atoms with Gasteiger partial charge >= 0.3 is 0 Å². The predicted molar refractivity (Wildman–Crippen MR) is 51.1 cm³/mol. The second-order valence-electron chi connectivity index (χ2n) is 3.64. The number of amides is 1. The molecule has 1 aliphatic heterocycles. The molecule has 13 heavy (non-hydrogen) atoms. The first-order valence-corrected chi connectivity index (χ1v) is 4.61. The van der Waals surface area contributed by atoms with Crippen LogP contribution in [-0.4, -0.2) is 5.91 Å². The van der Waals surface area contributed by atoms with Gasteiger partial charge in [0, 0.05) is 6.42 Å². The molecule has 0 aromatic heterocycles. The van der Waals surface area contributed by atoms with E-state index in [2.05, 4.69) is 24.4 Å². The van der Waals surface area contributed by atoms with Gasteiger partial charge in [0.05, 0.1) is 6.04 Å². The SMILES string of the molecule is C[C@@H]1CC(=O)N[C@@H]1c1ccccc1. The first-order chi connectivity index (χ1) is 6.27. The van der Waals surface area contributed by atoms with Crippen LogP contribution in [0.4, 0.5) is 0 Å². The van der Waals surface area contributed by atoms with Crippen LogP contribution in [0.1, 0.15) is 24.9 Å². The zero-order valence-corrected chi connectivity index (χ0v) is 7.66. The number of benzene rings is 1. The third kappa shape index (κ3) is 1.57. The van der Waals surface area contributed by atoms with E-state index in [-0.39, 0.29) is 11.9 Å². The molecule has 0 radical (unpaired) electrons. The van der Waals surface area contributed by atoms with Crippen LogP contribution in [0.25, 0.3) is 0 Å². The van der Waals surface area contributed by atoms with Crippen molar-refractivity contribution in [1.29, 1.82) is 0 Å². The summed E-state index contributed by atoms with van der Waals surface area (Å²) in [5, 5.41) is 2.98. The Kier molecular flexibility index (Phi) is 2.05. The van der Waals surface area contributed by atoms with Crippen molar-refractivity contribution < 1.29 is 4.79 Å². The molecule has 1 heterocycles. The summed E-state index contributed by atoms with van der Waals surface area (Å²) in [5.41, 5.74) is 1.21. The smallest absolute Gasteiger partial charge is 0.220 e. The molecule has 0 unspecified atom stereocenters. The highest BCUT2D eigenvalue weighted by Crippen LogP contribution is 2.29. The topological polar surface area (TPSA) is 29.1 Å². The molecule has 0 saturated carbocycles. The van der Waals surface area contributed by atoms with Gasteiger partial charge in [0.1, 0.15) is 0 Å². The third-order valence-electron chi connectivity index (χ3n) is 2.55. The summed E-state index contributed by atoms with van der Waals surface area (Å²) < 4.78 is 0. The van der Waals surface area contributed by atoms with E-state index in [1.807, 2.05) is 18.2 Å². The molecule has 0 spiro atoms. The van der Waals surface area contributed by atoms with E-state index in [0.29, 0.717) is 12.3 Å². The van der Waals surface area contributed by atoms with Crippen LogP contribution in [-0.2, 0) is 4.79 Å². The molecule has 2 heteroatoms. The Labute approximate surface area is 78.0 Å². The molecule has 68 valence electrons. The summed E-state index contributed by atoms with van der Waals surface area (Å²) in [6.45, 7) is 2.11. The molecule has 0 bridgehead atoms. The number of hydrogen-bond acceptors (Lipinski definition) is 1. The lowest BCUT2D eigenvalue weighted by Crippen LogP contribution is -2.19. The molecule has 1 aromatic rings. The van der Waals surface area contributed by atoms with Crippen molar-refractivity contribution in [2.45, 2.75) is 19.4 Å². The molecule has 1 aliphatic rings. The van der Waals surface area contributed by atoms with E-state index in [9.17, 15) is 4.79 Å². The third-order valence-corrected chi connectivity index (χ3v) is 2.55. The van der Waals surface area contributed by atoms with E-state index < -0.39 is 0 Å². The Morgan fingerprint density at radius 1 is 1.31 bits per heavy atom. The van der Waals surface area contributed by atoms with Crippen LogP contribution in [0.3, 0.4) is 0 Å². The van der Waals surface area contributed by atoms with E-state index in [0.717, 1.165) is 0 Å². The average Bonchev–Trinajstić information content (AvgIpc) is 2.47. The predicted octanol–water partition coefficient (Wildman–Crippen LogP) is 1.88. The van der Waals surface area contributed by atoms with Gasteiger partial charge in [-0.2, -0.15) is 0 Å².